The Balaban J connectivity index is 1.42. The van der Waals surface area contributed by atoms with Gasteiger partial charge in [-0.25, -0.2) is 4.79 Å². The summed E-state index contributed by atoms with van der Waals surface area (Å²) in [6.45, 7) is 2.03. The lowest BCUT2D eigenvalue weighted by Gasteiger charge is -2.44. The highest BCUT2D eigenvalue weighted by molar-refractivity contribution is 6.30. The number of alkyl carbamates (subject to hydrolysis) is 1. The van der Waals surface area contributed by atoms with Crippen LogP contribution in [0.3, 0.4) is 0 Å². The number of hydrogen-bond donors (Lipinski definition) is 1. The van der Waals surface area contributed by atoms with Crippen molar-refractivity contribution in [3.05, 3.63) is 70.7 Å². The van der Waals surface area contributed by atoms with E-state index in [1.807, 2.05) is 48.5 Å². The molecule has 4 rings (SSSR count). The Morgan fingerprint density at radius 3 is 2.41 bits per heavy atom. The van der Waals surface area contributed by atoms with Crippen LogP contribution in [0.25, 0.3) is 0 Å². The second-order valence-corrected chi connectivity index (χ2v) is 8.25. The van der Waals surface area contributed by atoms with Crippen LogP contribution in [0.15, 0.2) is 54.6 Å². The van der Waals surface area contributed by atoms with Gasteiger partial charge < -0.3 is 19.5 Å². The van der Waals surface area contributed by atoms with Gasteiger partial charge in [-0.3, -0.25) is 0 Å². The summed E-state index contributed by atoms with van der Waals surface area (Å²) in [5.74, 6) is -0.462. The molecular weight excluding hydrogens is 390 g/mol. The van der Waals surface area contributed by atoms with Crippen molar-refractivity contribution in [2.24, 2.45) is 0 Å². The number of ether oxygens (including phenoxy) is 3. The second kappa shape index (κ2) is 8.74. The summed E-state index contributed by atoms with van der Waals surface area (Å²) in [5.41, 5.74) is 1.86. The topological polar surface area (TPSA) is 56.8 Å². The molecule has 1 saturated heterocycles. The van der Waals surface area contributed by atoms with Gasteiger partial charge in [-0.1, -0.05) is 54.1 Å². The van der Waals surface area contributed by atoms with Crippen LogP contribution in [0.1, 0.15) is 36.8 Å². The van der Waals surface area contributed by atoms with Crippen molar-refractivity contribution in [1.29, 1.82) is 0 Å². The van der Waals surface area contributed by atoms with Crippen LogP contribution in [0.2, 0.25) is 5.02 Å². The summed E-state index contributed by atoms with van der Waals surface area (Å²) in [7, 11) is 0. The molecule has 29 heavy (non-hydrogen) atoms. The molecular formula is C23H26ClNO4. The Labute approximate surface area is 176 Å². The molecule has 2 aliphatic rings. The number of carbonyl (C=O) groups excluding carboxylic acids is 1. The van der Waals surface area contributed by atoms with Gasteiger partial charge in [0.2, 0.25) is 0 Å². The molecule has 1 N–H and O–H groups in total. The molecule has 1 spiro atoms. The molecule has 1 heterocycles. The molecule has 6 heteroatoms. The van der Waals surface area contributed by atoms with E-state index < -0.39 is 11.9 Å². The standard InChI is InChI=1S/C23H26ClNO4/c24-20-8-4-7-19(15-20)22(9-11-23(12-10-22)28-13-14-29-23)17-25-21(26)27-16-18-5-2-1-3-6-18/h1-8,15H,9-14,16-17H2,(H,25,26). The van der Waals surface area contributed by atoms with Crippen LogP contribution in [-0.2, 0) is 26.2 Å². The molecule has 0 radical (unpaired) electrons. The molecule has 2 fully saturated rings. The Morgan fingerprint density at radius 1 is 1.00 bits per heavy atom. The lowest BCUT2D eigenvalue weighted by molar-refractivity contribution is -0.184. The van der Waals surface area contributed by atoms with E-state index in [0.717, 1.165) is 36.8 Å². The first kappa shape index (κ1) is 20.2. The Kier molecular flexibility index (Phi) is 6.09. The van der Waals surface area contributed by atoms with Crippen LogP contribution < -0.4 is 5.32 Å². The molecule has 0 bridgehead atoms. The van der Waals surface area contributed by atoms with E-state index in [9.17, 15) is 4.79 Å². The SMILES string of the molecule is O=C(NCC1(c2cccc(Cl)c2)CCC2(CC1)OCCO2)OCc1ccccc1. The number of benzene rings is 2. The second-order valence-electron chi connectivity index (χ2n) is 7.81. The highest BCUT2D eigenvalue weighted by Crippen LogP contribution is 2.46. The molecule has 154 valence electrons. The Morgan fingerprint density at radius 2 is 1.72 bits per heavy atom. The quantitative estimate of drug-likeness (QED) is 0.760. The van der Waals surface area contributed by atoms with Crippen LogP contribution in [-0.4, -0.2) is 31.6 Å². The maximum Gasteiger partial charge on any atom is 0.407 e. The minimum absolute atomic E-state index is 0.225. The van der Waals surface area contributed by atoms with Gasteiger partial charge >= 0.3 is 6.09 Å². The summed E-state index contributed by atoms with van der Waals surface area (Å²) in [6, 6.07) is 17.6. The van der Waals surface area contributed by atoms with Crippen molar-refractivity contribution < 1.29 is 19.0 Å². The third kappa shape index (κ3) is 4.74. The average molecular weight is 416 g/mol. The predicted octanol–water partition coefficient (Wildman–Crippen LogP) is 4.82. The van der Waals surface area contributed by atoms with E-state index >= 15 is 0 Å². The molecule has 0 aromatic heterocycles. The lowest BCUT2D eigenvalue weighted by atomic mass is 9.67. The highest BCUT2D eigenvalue weighted by Gasteiger charge is 2.47. The van der Waals surface area contributed by atoms with Crippen LogP contribution in [0.5, 0.6) is 0 Å². The van der Waals surface area contributed by atoms with Gasteiger partial charge in [-0.15, -0.1) is 0 Å². The molecule has 5 nitrogen and oxygen atoms in total. The van der Waals surface area contributed by atoms with E-state index in [0.29, 0.717) is 24.8 Å². The zero-order valence-corrected chi connectivity index (χ0v) is 17.1. The zero-order chi connectivity index (χ0) is 20.2. The Bertz CT molecular complexity index is 826. The molecule has 2 aromatic rings. The number of halogens is 1. The van der Waals surface area contributed by atoms with E-state index in [1.165, 1.54) is 0 Å². The molecule has 2 aromatic carbocycles. The summed E-state index contributed by atoms with van der Waals surface area (Å²) in [4.78, 5) is 12.3. The van der Waals surface area contributed by atoms with Gasteiger partial charge in [-0.05, 0) is 36.1 Å². The van der Waals surface area contributed by atoms with E-state index in [2.05, 4.69) is 11.4 Å². The first-order chi connectivity index (χ1) is 14.1. The first-order valence-corrected chi connectivity index (χ1v) is 10.5. The fraction of sp³-hybridized carbons (Fsp3) is 0.435. The Hall–Kier alpha value is -2.08. The molecule has 1 saturated carbocycles. The highest BCUT2D eigenvalue weighted by atomic mass is 35.5. The smallest absolute Gasteiger partial charge is 0.407 e. The zero-order valence-electron chi connectivity index (χ0n) is 16.4. The van der Waals surface area contributed by atoms with Gasteiger partial charge in [0.1, 0.15) is 6.61 Å². The minimum atomic E-state index is -0.462. The van der Waals surface area contributed by atoms with Gasteiger partial charge in [0, 0.05) is 29.8 Å². The average Bonchev–Trinajstić information content (AvgIpc) is 3.21. The number of hydrogen-bond acceptors (Lipinski definition) is 4. The molecule has 1 aliphatic carbocycles. The van der Waals surface area contributed by atoms with Crippen LogP contribution in [0.4, 0.5) is 4.79 Å². The third-order valence-corrected chi connectivity index (χ3v) is 6.24. The van der Waals surface area contributed by atoms with E-state index in [4.69, 9.17) is 25.8 Å². The van der Waals surface area contributed by atoms with Crippen molar-refractivity contribution in [1.82, 2.24) is 5.32 Å². The maximum atomic E-state index is 12.3. The predicted molar refractivity (Wildman–Crippen MR) is 111 cm³/mol. The van der Waals surface area contributed by atoms with E-state index in [-0.39, 0.29) is 12.0 Å². The normalized spacial score (nSPS) is 19.8. The van der Waals surface area contributed by atoms with Crippen molar-refractivity contribution >= 4 is 17.7 Å². The summed E-state index contributed by atoms with van der Waals surface area (Å²) in [5, 5.41) is 3.67. The molecule has 0 atom stereocenters. The van der Waals surface area contributed by atoms with Crippen molar-refractivity contribution in [2.75, 3.05) is 19.8 Å². The van der Waals surface area contributed by atoms with Crippen molar-refractivity contribution in [3.8, 4) is 0 Å². The number of amides is 1. The third-order valence-electron chi connectivity index (χ3n) is 6.00. The fourth-order valence-corrected chi connectivity index (χ4v) is 4.49. The monoisotopic (exact) mass is 415 g/mol. The van der Waals surface area contributed by atoms with Gasteiger partial charge in [0.05, 0.1) is 13.2 Å². The number of nitrogens with one attached hydrogen (secondary N) is 1. The number of carbonyl (C=O) groups is 1. The number of rotatable bonds is 5. The largest absolute Gasteiger partial charge is 0.445 e. The van der Waals surface area contributed by atoms with Gasteiger partial charge in [0.15, 0.2) is 5.79 Å². The lowest BCUT2D eigenvalue weighted by Crippen LogP contribution is -2.48. The van der Waals surface area contributed by atoms with Crippen molar-refractivity contribution in [3.63, 3.8) is 0 Å². The van der Waals surface area contributed by atoms with Gasteiger partial charge in [-0.2, -0.15) is 0 Å². The fourth-order valence-electron chi connectivity index (χ4n) is 4.30. The van der Waals surface area contributed by atoms with Crippen molar-refractivity contribution in [2.45, 2.75) is 43.5 Å². The summed E-state index contributed by atoms with van der Waals surface area (Å²) < 4.78 is 17.2. The van der Waals surface area contributed by atoms with E-state index in [1.54, 1.807) is 0 Å². The van der Waals surface area contributed by atoms with Crippen LogP contribution >= 0.6 is 11.6 Å². The maximum absolute atomic E-state index is 12.3. The van der Waals surface area contributed by atoms with Crippen LogP contribution in [0, 0.1) is 0 Å². The summed E-state index contributed by atoms with van der Waals surface area (Å²) in [6.07, 6.45) is 2.85. The minimum Gasteiger partial charge on any atom is -0.445 e. The molecule has 1 amide bonds. The van der Waals surface area contributed by atoms with Gasteiger partial charge in [0.25, 0.3) is 0 Å². The summed E-state index contributed by atoms with van der Waals surface area (Å²) >= 11 is 6.27. The molecule has 1 aliphatic heterocycles. The molecule has 0 unspecified atom stereocenters. The first-order valence-electron chi connectivity index (χ1n) is 10.1.